The molecule has 62 valence electrons. The second-order valence-corrected chi connectivity index (χ2v) is 2.65. The first kappa shape index (κ1) is 10.1. The van der Waals surface area contributed by atoms with Gasteiger partial charge in [-0.1, -0.05) is 0 Å². The van der Waals surface area contributed by atoms with E-state index in [2.05, 4.69) is 0 Å². The highest BCUT2D eigenvalue weighted by molar-refractivity contribution is 7.12. The quantitative estimate of drug-likeness (QED) is 0.676. The number of carboxylic acid groups (broad SMARTS) is 1. The topological polar surface area (TPSA) is 57.5 Å². The number of rotatable bonds is 1. The normalized spacial score (nSPS) is 8.27. The third-order valence-corrected chi connectivity index (χ3v) is 2.06. The summed E-state index contributed by atoms with van der Waals surface area (Å²) in [6.45, 7) is 1.79. The Balaban J connectivity index is 0.000000461. The van der Waals surface area contributed by atoms with Gasteiger partial charge in [-0.2, -0.15) is 0 Å². The van der Waals surface area contributed by atoms with Gasteiger partial charge in [0.1, 0.15) is 4.88 Å². The van der Waals surface area contributed by atoms with Gasteiger partial charge in [-0.25, -0.2) is 4.79 Å². The van der Waals surface area contributed by atoms with Crippen LogP contribution in [0.2, 0.25) is 0 Å². The van der Waals surface area contributed by atoms with Crippen molar-refractivity contribution in [2.75, 3.05) is 7.11 Å². The zero-order valence-electron chi connectivity index (χ0n) is 6.37. The van der Waals surface area contributed by atoms with Crippen LogP contribution in [0.15, 0.2) is 11.4 Å². The van der Waals surface area contributed by atoms with Crippen LogP contribution in [-0.2, 0) is 0 Å². The van der Waals surface area contributed by atoms with E-state index in [0.717, 1.165) is 12.7 Å². The second-order valence-electron chi connectivity index (χ2n) is 1.74. The van der Waals surface area contributed by atoms with Crippen LogP contribution in [0.3, 0.4) is 0 Å². The van der Waals surface area contributed by atoms with E-state index in [1.807, 2.05) is 0 Å². The van der Waals surface area contributed by atoms with Crippen LogP contribution in [0, 0.1) is 6.92 Å². The third-order valence-electron chi connectivity index (χ3n) is 1.06. The molecule has 0 aliphatic carbocycles. The number of aliphatic hydroxyl groups excluding tert-OH is 1. The van der Waals surface area contributed by atoms with E-state index in [-0.39, 0.29) is 0 Å². The molecule has 3 nitrogen and oxygen atoms in total. The molecule has 0 radical (unpaired) electrons. The number of hydrogen-bond donors (Lipinski definition) is 2. The Bertz CT molecular complexity index is 229. The van der Waals surface area contributed by atoms with Gasteiger partial charge in [0.05, 0.1) is 0 Å². The average molecular weight is 174 g/mol. The minimum absolute atomic E-state index is 0.440. The Hall–Kier alpha value is -0.870. The Morgan fingerprint density at radius 3 is 2.27 bits per heavy atom. The van der Waals surface area contributed by atoms with Gasteiger partial charge in [0, 0.05) is 7.11 Å². The van der Waals surface area contributed by atoms with Crippen LogP contribution >= 0.6 is 11.3 Å². The fourth-order valence-corrected chi connectivity index (χ4v) is 1.35. The van der Waals surface area contributed by atoms with Crippen molar-refractivity contribution in [3.05, 3.63) is 21.9 Å². The zero-order chi connectivity index (χ0) is 8.85. The first-order chi connectivity index (χ1) is 5.22. The summed E-state index contributed by atoms with van der Waals surface area (Å²) >= 11 is 1.26. The molecular weight excluding hydrogens is 164 g/mol. The largest absolute Gasteiger partial charge is 0.477 e. The molecule has 0 aliphatic heterocycles. The summed E-state index contributed by atoms with van der Waals surface area (Å²) in [7, 11) is 1.00. The van der Waals surface area contributed by atoms with E-state index in [4.69, 9.17) is 10.2 Å². The van der Waals surface area contributed by atoms with Gasteiger partial charge in [-0.15, -0.1) is 11.3 Å². The van der Waals surface area contributed by atoms with Crippen LogP contribution in [0.25, 0.3) is 0 Å². The molecule has 0 unspecified atom stereocenters. The molecule has 2 N–H and O–H groups in total. The number of carbonyl (C=O) groups is 1. The van der Waals surface area contributed by atoms with E-state index >= 15 is 0 Å². The first-order valence-corrected chi connectivity index (χ1v) is 3.82. The smallest absolute Gasteiger partial charge is 0.346 e. The molecule has 0 bridgehead atoms. The molecular formula is C7H10O3S. The van der Waals surface area contributed by atoms with Crippen LogP contribution in [0.1, 0.15) is 15.2 Å². The molecule has 0 spiro atoms. The number of carboxylic acids is 1. The Morgan fingerprint density at radius 1 is 1.55 bits per heavy atom. The maximum atomic E-state index is 10.3. The van der Waals surface area contributed by atoms with Crippen molar-refractivity contribution in [1.29, 1.82) is 0 Å². The molecule has 1 aromatic heterocycles. The van der Waals surface area contributed by atoms with Crippen molar-refractivity contribution in [1.82, 2.24) is 0 Å². The van der Waals surface area contributed by atoms with E-state index in [1.165, 1.54) is 11.3 Å². The number of aliphatic hydroxyl groups is 1. The minimum atomic E-state index is -0.831. The molecule has 1 aromatic rings. The Kier molecular flexibility index (Phi) is 4.49. The lowest BCUT2D eigenvalue weighted by Gasteiger charge is -1.86. The fraction of sp³-hybridized carbons (Fsp3) is 0.286. The molecule has 0 saturated carbocycles. The Labute approximate surface area is 68.9 Å². The van der Waals surface area contributed by atoms with E-state index < -0.39 is 5.97 Å². The van der Waals surface area contributed by atoms with Crippen molar-refractivity contribution >= 4 is 17.3 Å². The average Bonchev–Trinajstić information content (AvgIpc) is 2.39. The molecule has 11 heavy (non-hydrogen) atoms. The summed E-state index contributed by atoms with van der Waals surface area (Å²) in [5.41, 5.74) is 0.840. The predicted molar refractivity (Wildman–Crippen MR) is 44.2 cm³/mol. The summed E-state index contributed by atoms with van der Waals surface area (Å²) in [6.07, 6.45) is 0. The molecule has 4 heteroatoms. The highest BCUT2D eigenvalue weighted by Gasteiger charge is 2.05. The lowest BCUT2D eigenvalue weighted by Crippen LogP contribution is -1.92. The minimum Gasteiger partial charge on any atom is -0.477 e. The zero-order valence-corrected chi connectivity index (χ0v) is 7.18. The van der Waals surface area contributed by atoms with E-state index in [9.17, 15) is 4.79 Å². The highest BCUT2D eigenvalue weighted by Crippen LogP contribution is 2.14. The van der Waals surface area contributed by atoms with Gasteiger partial charge < -0.3 is 10.2 Å². The van der Waals surface area contributed by atoms with E-state index in [0.29, 0.717) is 4.88 Å². The summed E-state index contributed by atoms with van der Waals surface area (Å²) in [4.78, 5) is 10.7. The summed E-state index contributed by atoms with van der Waals surface area (Å²) < 4.78 is 0. The molecule has 1 heterocycles. The van der Waals surface area contributed by atoms with Crippen LogP contribution in [0.5, 0.6) is 0 Å². The molecule has 0 saturated heterocycles. The lowest BCUT2D eigenvalue weighted by atomic mass is 10.3. The van der Waals surface area contributed by atoms with Gasteiger partial charge in [0.2, 0.25) is 0 Å². The molecule has 0 aliphatic rings. The third kappa shape index (κ3) is 2.69. The van der Waals surface area contributed by atoms with Crippen molar-refractivity contribution in [3.63, 3.8) is 0 Å². The van der Waals surface area contributed by atoms with Gasteiger partial charge in [-0.05, 0) is 23.9 Å². The molecule has 0 amide bonds. The summed E-state index contributed by atoms with van der Waals surface area (Å²) in [5, 5.41) is 17.2. The van der Waals surface area contributed by atoms with Crippen molar-refractivity contribution in [3.8, 4) is 0 Å². The predicted octanol–water partition coefficient (Wildman–Crippen LogP) is 1.36. The maximum absolute atomic E-state index is 10.3. The fourth-order valence-electron chi connectivity index (χ4n) is 0.592. The van der Waals surface area contributed by atoms with Gasteiger partial charge in [-0.3, -0.25) is 0 Å². The van der Waals surface area contributed by atoms with Crippen LogP contribution < -0.4 is 0 Å². The van der Waals surface area contributed by atoms with E-state index in [1.54, 1.807) is 18.4 Å². The highest BCUT2D eigenvalue weighted by atomic mass is 32.1. The van der Waals surface area contributed by atoms with Crippen molar-refractivity contribution in [2.24, 2.45) is 0 Å². The summed E-state index contributed by atoms with van der Waals surface area (Å²) in [5.74, 6) is -0.831. The molecule has 0 fully saturated rings. The maximum Gasteiger partial charge on any atom is 0.346 e. The monoisotopic (exact) mass is 174 g/mol. The number of hydrogen-bond acceptors (Lipinski definition) is 3. The SMILES string of the molecule is CO.Cc1ccsc1C(=O)O. The van der Waals surface area contributed by atoms with Crippen LogP contribution in [0.4, 0.5) is 0 Å². The van der Waals surface area contributed by atoms with Gasteiger partial charge >= 0.3 is 5.97 Å². The number of aromatic carboxylic acids is 1. The number of thiophene rings is 1. The standard InChI is InChI=1S/C6H6O2S.CH4O/c1-4-2-3-9-5(4)6(7)8;1-2/h2-3H,1H3,(H,7,8);2H,1H3. The number of aryl methyl sites for hydroxylation is 1. The Morgan fingerprint density at radius 2 is 2.09 bits per heavy atom. The van der Waals surface area contributed by atoms with Crippen molar-refractivity contribution < 1.29 is 15.0 Å². The second kappa shape index (κ2) is 4.87. The lowest BCUT2D eigenvalue weighted by molar-refractivity contribution is 0.0701. The molecule has 0 aromatic carbocycles. The summed E-state index contributed by atoms with van der Waals surface area (Å²) in [6, 6.07) is 1.80. The van der Waals surface area contributed by atoms with Crippen molar-refractivity contribution in [2.45, 2.75) is 6.92 Å². The van der Waals surface area contributed by atoms with Gasteiger partial charge in [0.15, 0.2) is 0 Å². The molecule has 1 rings (SSSR count). The van der Waals surface area contributed by atoms with Crippen LogP contribution in [-0.4, -0.2) is 23.3 Å². The molecule has 0 atom stereocenters. The first-order valence-electron chi connectivity index (χ1n) is 2.94. The van der Waals surface area contributed by atoms with Gasteiger partial charge in [0.25, 0.3) is 0 Å².